The van der Waals surface area contributed by atoms with E-state index in [1.807, 2.05) is 0 Å². The summed E-state index contributed by atoms with van der Waals surface area (Å²) < 4.78 is 1.49. The molecule has 1 aromatic rings. The largest absolute Gasteiger partial charge is 0.396 e. The maximum absolute atomic E-state index is 11.1. The summed E-state index contributed by atoms with van der Waals surface area (Å²) in [6.07, 6.45) is 4.13. The third kappa shape index (κ3) is 2.56. The molecule has 7 heteroatoms. The molecule has 19 heavy (non-hydrogen) atoms. The van der Waals surface area contributed by atoms with E-state index in [0.717, 1.165) is 25.7 Å². The van der Waals surface area contributed by atoms with E-state index in [4.69, 9.17) is 0 Å². The highest BCUT2D eigenvalue weighted by molar-refractivity contribution is 5.59. The number of aromatic nitrogens is 2. The Hall–Kier alpha value is -1.63. The van der Waals surface area contributed by atoms with Crippen molar-refractivity contribution in [3.63, 3.8) is 0 Å². The van der Waals surface area contributed by atoms with E-state index < -0.39 is 4.92 Å². The zero-order valence-electron chi connectivity index (χ0n) is 11.3. The molecular formula is C12H20N4O3. The topological polar surface area (TPSA) is 93.2 Å². The number of aliphatic hydroxyl groups is 1. The van der Waals surface area contributed by atoms with Gasteiger partial charge in [-0.3, -0.25) is 10.1 Å². The van der Waals surface area contributed by atoms with Crippen LogP contribution in [0.2, 0.25) is 0 Å². The monoisotopic (exact) mass is 268 g/mol. The summed E-state index contributed by atoms with van der Waals surface area (Å²) in [5, 5.41) is 27.8. The lowest BCUT2D eigenvalue weighted by Gasteiger charge is -2.26. The van der Waals surface area contributed by atoms with Gasteiger partial charge in [-0.25, -0.2) is 4.68 Å². The van der Waals surface area contributed by atoms with Crippen molar-refractivity contribution < 1.29 is 10.0 Å². The Kier molecular flexibility index (Phi) is 3.75. The van der Waals surface area contributed by atoms with Gasteiger partial charge in [0.1, 0.15) is 5.69 Å². The average molecular weight is 268 g/mol. The van der Waals surface area contributed by atoms with Crippen molar-refractivity contribution in [3.05, 3.63) is 15.8 Å². The molecule has 1 fully saturated rings. The van der Waals surface area contributed by atoms with Crippen molar-refractivity contribution >= 4 is 11.5 Å². The van der Waals surface area contributed by atoms with Gasteiger partial charge >= 0.3 is 5.69 Å². The van der Waals surface area contributed by atoms with Crippen molar-refractivity contribution in [1.29, 1.82) is 0 Å². The fourth-order valence-corrected chi connectivity index (χ4v) is 2.85. The normalized spacial score (nSPS) is 17.6. The molecule has 7 nitrogen and oxygen atoms in total. The number of hydrogen-bond donors (Lipinski definition) is 2. The number of nitro groups is 1. The molecule has 1 aliphatic carbocycles. The minimum atomic E-state index is -0.412. The molecular weight excluding hydrogens is 248 g/mol. The third-order valence-corrected chi connectivity index (χ3v) is 4.00. The first-order chi connectivity index (χ1) is 8.99. The van der Waals surface area contributed by atoms with E-state index in [9.17, 15) is 15.2 Å². The summed E-state index contributed by atoms with van der Waals surface area (Å²) in [5.41, 5.74) is 0.277. The molecule has 0 aromatic carbocycles. The molecule has 0 spiro atoms. The Balaban J connectivity index is 2.17. The molecule has 1 saturated carbocycles. The van der Waals surface area contributed by atoms with Crippen LogP contribution < -0.4 is 5.32 Å². The first-order valence-electron chi connectivity index (χ1n) is 6.52. The summed E-state index contributed by atoms with van der Waals surface area (Å²) in [6, 6.07) is 0. The van der Waals surface area contributed by atoms with Crippen molar-refractivity contribution in [2.75, 3.05) is 18.5 Å². The van der Waals surface area contributed by atoms with Crippen LogP contribution in [-0.2, 0) is 7.05 Å². The van der Waals surface area contributed by atoms with Gasteiger partial charge in [-0.2, -0.15) is 5.10 Å². The van der Waals surface area contributed by atoms with Gasteiger partial charge in [0, 0.05) is 19.0 Å². The molecule has 0 radical (unpaired) electrons. The van der Waals surface area contributed by atoms with E-state index in [1.54, 1.807) is 14.0 Å². The van der Waals surface area contributed by atoms with Crippen LogP contribution in [0.15, 0.2) is 0 Å². The predicted octanol–water partition coefficient (Wildman–Crippen LogP) is 1.60. The van der Waals surface area contributed by atoms with Gasteiger partial charge in [-0.1, -0.05) is 12.8 Å². The second-order valence-electron chi connectivity index (χ2n) is 5.38. The van der Waals surface area contributed by atoms with Crippen LogP contribution in [0.1, 0.15) is 31.4 Å². The summed E-state index contributed by atoms with van der Waals surface area (Å²) >= 11 is 0. The molecule has 1 aliphatic rings. The number of aliphatic hydroxyl groups excluding tert-OH is 1. The molecule has 2 rings (SSSR count). The molecule has 2 N–H and O–H groups in total. The van der Waals surface area contributed by atoms with Gasteiger partial charge in [0.25, 0.3) is 0 Å². The van der Waals surface area contributed by atoms with Gasteiger partial charge in [0.05, 0.1) is 11.5 Å². The maximum Gasteiger partial charge on any atom is 0.333 e. The van der Waals surface area contributed by atoms with Crippen molar-refractivity contribution in [2.24, 2.45) is 12.5 Å². The molecule has 1 aromatic heterocycles. The van der Waals surface area contributed by atoms with Crippen molar-refractivity contribution in [3.8, 4) is 0 Å². The van der Waals surface area contributed by atoms with Gasteiger partial charge < -0.3 is 10.4 Å². The lowest BCUT2D eigenvalue weighted by molar-refractivity contribution is -0.384. The standard InChI is InChI=1S/C12H20N4O3/c1-9-10(16(18)19)11(15(2)14-9)13-7-12(8-17)5-3-4-6-12/h13,17H,3-8H2,1-2H3. The summed E-state index contributed by atoms with van der Waals surface area (Å²) in [6.45, 7) is 2.29. The first-order valence-corrected chi connectivity index (χ1v) is 6.52. The quantitative estimate of drug-likeness (QED) is 0.625. The van der Waals surface area contributed by atoms with Crippen molar-refractivity contribution in [1.82, 2.24) is 9.78 Å². The second kappa shape index (κ2) is 5.16. The Morgan fingerprint density at radius 2 is 2.16 bits per heavy atom. The van der Waals surface area contributed by atoms with E-state index in [2.05, 4.69) is 10.4 Å². The highest BCUT2D eigenvalue weighted by Crippen LogP contribution is 2.38. The predicted molar refractivity (Wildman–Crippen MR) is 71.1 cm³/mol. The summed E-state index contributed by atoms with van der Waals surface area (Å²) in [4.78, 5) is 10.7. The second-order valence-corrected chi connectivity index (χ2v) is 5.38. The number of aryl methyl sites for hydroxylation is 2. The minimum absolute atomic E-state index is 0.0218. The molecule has 1 heterocycles. The molecule has 0 aliphatic heterocycles. The van der Waals surface area contributed by atoms with Gasteiger partial charge in [-0.05, 0) is 19.8 Å². The number of anilines is 1. The Bertz CT molecular complexity index is 478. The Morgan fingerprint density at radius 3 is 2.68 bits per heavy atom. The highest BCUT2D eigenvalue weighted by Gasteiger charge is 2.34. The molecule has 0 amide bonds. The Labute approximate surface area is 111 Å². The number of rotatable bonds is 5. The van der Waals surface area contributed by atoms with Gasteiger partial charge in [0.15, 0.2) is 0 Å². The third-order valence-electron chi connectivity index (χ3n) is 4.00. The average Bonchev–Trinajstić information content (AvgIpc) is 2.92. The van der Waals surface area contributed by atoms with Gasteiger partial charge in [-0.15, -0.1) is 0 Å². The zero-order valence-corrected chi connectivity index (χ0v) is 11.3. The molecule has 0 atom stereocenters. The number of nitrogens with zero attached hydrogens (tertiary/aromatic N) is 3. The van der Waals surface area contributed by atoms with Crippen LogP contribution in [-0.4, -0.2) is 33.0 Å². The van der Waals surface area contributed by atoms with E-state index >= 15 is 0 Å². The van der Waals surface area contributed by atoms with E-state index in [0.29, 0.717) is 18.1 Å². The van der Waals surface area contributed by atoms with Crippen molar-refractivity contribution in [2.45, 2.75) is 32.6 Å². The summed E-state index contributed by atoms with van der Waals surface area (Å²) in [5.74, 6) is 0.419. The summed E-state index contributed by atoms with van der Waals surface area (Å²) in [7, 11) is 1.68. The van der Waals surface area contributed by atoms with Crippen LogP contribution in [0.25, 0.3) is 0 Å². The van der Waals surface area contributed by atoms with Crippen LogP contribution in [0.4, 0.5) is 11.5 Å². The van der Waals surface area contributed by atoms with E-state index in [1.165, 1.54) is 4.68 Å². The maximum atomic E-state index is 11.1. The fourth-order valence-electron chi connectivity index (χ4n) is 2.85. The first kappa shape index (κ1) is 13.8. The minimum Gasteiger partial charge on any atom is -0.396 e. The Morgan fingerprint density at radius 1 is 1.53 bits per heavy atom. The highest BCUT2D eigenvalue weighted by atomic mass is 16.6. The molecule has 0 saturated heterocycles. The SMILES string of the molecule is Cc1nn(C)c(NCC2(CO)CCCC2)c1[N+](=O)[O-]. The van der Waals surface area contributed by atoms with Crippen LogP contribution >= 0.6 is 0 Å². The fraction of sp³-hybridized carbons (Fsp3) is 0.750. The number of hydrogen-bond acceptors (Lipinski definition) is 5. The lowest BCUT2D eigenvalue weighted by Crippen LogP contribution is -2.31. The molecule has 0 unspecified atom stereocenters. The van der Waals surface area contributed by atoms with Gasteiger partial charge in [0.2, 0.25) is 5.82 Å². The molecule has 0 bridgehead atoms. The smallest absolute Gasteiger partial charge is 0.333 e. The van der Waals surface area contributed by atoms with Crippen LogP contribution in [0.5, 0.6) is 0 Å². The van der Waals surface area contributed by atoms with Crippen LogP contribution in [0.3, 0.4) is 0 Å². The van der Waals surface area contributed by atoms with E-state index in [-0.39, 0.29) is 17.7 Å². The van der Waals surface area contributed by atoms with Crippen LogP contribution in [0, 0.1) is 22.5 Å². The lowest BCUT2D eigenvalue weighted by atomic mass is 9.87. The molecule has 106 valence electrons. The number of nitrogens with one attached hydrogen (secondary N) is 1. The zero-order chi connectivity index (χ0) is 14.0.